The molecule has 1 aliphatic rings. The fourth-order valence-electron chi connectivity index (χ4n) is 3.71. The number of carbonyl (C=O) groups is 1. The molecular formula is C22H22F2N4O2. The lowest BCUT2D eigenvalue weighted by Gasteiger charge is -2.33. The monoisotopic (exact) mass is 412 g/mol. The van der Waals surface area contributed by atoms with Gasteiger partial charge in [-0.15, -0.1) is 0 Å². The van der Waals surface area contributed by atoms with Crippen LogP contribution in [0.2, 0.25) is 0 Å². The Balaban J connectivity index is 1.41. The second kappa shape index (κ2) is 9.13. The summed E-state index contributed by atoms with van der Waals surface area (Å²) in [5, 5.41) is 6.67. The van der Waals surface area contributed by atoms with Gasteiger partial charge in [-0.25, -0.2) is 8.78 Å². The summed E-state index contributed by atoms with van der Waals surface area (Å²) < 4.78 is 32.2. The summed E-state index contributed by atoms with van der Waals surface area (Å²) in [4.78, 5) is 19.2. The Morgan fingerprint density at radius 1 is 1.13 bits per heavy atom. The van der Waals surface area contributed by atoms with Crippen molar-refractivity contribution in [2.45, 2.75) is 38.3 Å². The Labute approximate surface area is 172 Å². The molecule has 0 radical (unpaired) electrons. The third-order valence-corrected chi connectivity index (χ3v) is 5.10. The average molecular weight is 412 g/mol. The van der Waals surface area contributed by atoms with Crippen molar-refractivity contribution < 1.29 is 18.1 Å². The zero-order valence-corrected chi connectivity index (χ0v) is 16.4. The minimum Gasteiger partial charge on any atom is -0.339 e. The molecule has 1 N–H and O–H groups in total. The molecule has 8 heteroatoms. The number of piperidine rings is 1. The lowest BCUT2D eigenvalue weighted by atomic mass is 10.0. The molecule has 0 aliphatic carbocycles. The largest absolute Gasteiger partial charge is 0.339 e. The number of hydrogen-bond donors (Lipinski definition) is 1. The van der Waals surface area contributed by atoms with Crippen LogP contribution in [0.3, 0.4) is 0 Å². The molecule has 1 saturated heterocycles. The normalized spacial score (nSPS) is 17.1. The van der Waals surface area contributed by atoms with E-state index in [1.54, 1.807) is 0 Å². The third kappa shape index (κ3) is 5.07. The zero-order chi connectivity index (χ0) is 20.9. The molecule has 30 heavy (non-hydrogen) atoms. The van der Waals surface area contributed by atoms with Crippen molar-refractivity contribution in [3.05, 3.63) is 77.4 Å². The van der Waals surface area contributed by atoms with Crippen LogP contribution in [0.4, 0.5) is 14.5 Å². The topological polar surface area (TPSA) is 71.3 Å². The molecule has 2 heterocycles. The van der Waals surface area contributed by atoms with E-state index in [1.807, 2.05) is 35.2 Å². The number of nitrogens with zero attached hydrogens (tertiary/aromatic N) is 3. The van der Waals surface area contributed by atoms with Gasteiger partial charge >= 0.3 is 0 Å². The van der Waals surface area contributed by atoms with Crippen LogP contribution >= 0.6 is 0 Å². The minimum absolute atomic E-state index is 0.104. The molecular weight excluding hydrogens is 390 g/mol. The first-order valence-electron chi connectivity index (χ1n) is 9.93. The van der Waals surface area contributed by atoms with E-state index in [1.165, 1.54) is 0 Å². The van der Waals surface area contributed by atoms with E-state index in [2.05, 4.69) is 15.5 Å². The standard InChI is InChI=1S/C22H22F2N4O2/c23-16-11-17(24)13-18(12-16)25-22(29)19-8-4-5-9-28(19)14-20-26-21(30-27-20)10-15-6-2-1-3-7-15/h1-3,6-7,11-13,19H,4-5,8-10,14H2,(H,25,29). The summed E-state index contributed by atoms with van der Waals surface area (Å²) in [5.74, 6) is -0.735. The number of rotatable bonds is 6. The highest BCUT2D eigenvalue weighted by atomic mass is 19.1. The summed E-state index contributed by atoms with van der Waals surface area (Å²) >= 11 is 0. The van der Waals surface area contributed by atoms with Crippen LogP contribution in [0, 0.1) is 11.6 Å². The maximum absolute atomic E-state index is 13.4. The van der Waals surface area contributed by atoms with E-state index in [-0.39, 0.29) is 11.6 Å². The molecule has 3 aromatic rings. The molecule has 4 rings (SSSR count). The van der Waals surface area contributed by atoms with E-state index >= 15 is 0 Å². The van der Waals surface area contributed by atoms with Crippen molar-refractivity contribution in [1.82, 2.24) is 15.0 Å². The minimum atomic E-state index is -0.733. The van der Waals surface area contributed by atoms with Gasteiger partial charge in [-0.05, 0) is 37.1 Å². The molecule has 156 valence electrons. The van der Waals surface area contributed by atoms with Crippen LogP contribution in [0.15, 0.2) is 53.1 Å². The Kier molecular flexibility index (Phi) is 6.13. The molecule has 0 bridgehead atoms. The first-order valence-corrected chi connectivity index (χ1v) is 9.93. The van der Waals surface area contributed by atoms with Crippen molar-refractivity contribution in [1.29, 1.82) is 0 Å². The summed E-state index contributed by atoms with van der Waals surface area (Å²) in [6.45, 7) is 1.08. The molecule has 0 saturated carbocycles. The number of nitrogens with one attached hydrogen (secondary N) is 1. The number of benzene rings is 2. The highest BCUT2D eigenvalue weighted by Gasteiger charge is 2.30. The Hall–Kier alpha value is -3.13. The van der Waals surface area contributed by atoms with Gasteiger partial charge < -0.3 is 9.84 Å². The first-order chi connectivity index (χ1) is 14.6. The van der Waals surface area contributed by atoms with Crippen molar-refractivity contribution >= 4 is 11.6 Å². The van der Waals surface area contributed by atoms with E-state index in [0.717, 1.165) is 36.6 Å². The Bertz CT molecular complexity index is 989. The van der Waals surface area contributed by atoms with Gasteiger partial charge in [0.15, 0.2) is 5.82 Å². The summed E-state index contributed by atoms with van der Waals surface area (Å²) in [6.07, 6.45) is 3.05. The number of amides is 1. The van der Waals surface area contributed by atoms with Crippen molar-refractivity contribution in [3.8, 4) is 0 Å². The smallest absolute Gasteiger partial charge is 0.241 e. The van der Waals surface area contributed by atoms with Gasteiger partial charge in [0.2, 0.25) is 11.8 Å². The quantitative estimate of drug-likeness (QED) is 0.664. The van der Waals surface area contributed by atoms with Gasteiger partial charge in [0.1, 0.15) is 11.6 Å². The van der Waals surface area contributed by atoms with E-state index in [0.29, 0.717) is 37.6 Å². The Morgan fingerprint density at radius 2 is 1.90 bits per heavy atom. The number of aromatic nitrogens is 2. The van der Waals surface area contributed by atoms with E-state index in [9.17, 15) is 13.6 Å². The second-order valence-corrected chi connectivity index (χ2v) is 7.40. The SMILES string of the molecule is O=C(Nc1cc(F)cc(F)c1)C1CCCCN1Cc1noc(Cc2ccccc2)n1. The van der Waals surface area contributed by atoms with Crippen LogP contribution < -0.4 is 5.32 Å². The fraction of sp³-hybridized carbons (Fsp3) is 0.318. The van der Waals surface area contributed by atoms with Crippen molar-refractivity contribution in [2.75, 3.05) is 11.9 Å². The van der Waals surface area contributed by atoms with Crippen LogP contribution in [-0.2, 0) is 17.8 Å². The van der Waals surface area contributed by atoms with Gasteiger partial charge in [0.05, 0.1) is 19.0 Å². The summed E-state index contributed by atoms with van der Waals surface area (Å²) in [7, 11) is 0. The summed E-state index contributed by atoms with van der Waals surface area (Å²) in [6, 6.07) is 12.4. The van der Waals surface area contributed by atoms with Gasteiger partial charge in [-0.2, -0.15) is 4.98 Å². The van der Waals surface area contributed by atoms with Crippen LogP contribution in [0.25, 0.3) is 0 Å². The Morgan fingerprint density at radius 3 is 2.67 bits per heavy atom. The number of carbonyl (C=O) groups excluding carboxylic acids is 1. The molecule has 1 aromatic heterocycles. The van der Waals surface area contributed by atoms with E-state index < -0.39 is 17.7 Å². The molecule has 1 amide bonds. The predicted molar refractivity (Wildman–Crippen MR) is 107 cm³/mol. The predicted octanol–water partition coefficient (Wildman–Crippen LogP) is 3.93. The maximum atomic E-state index is 13.4. The molecule has 1 unspecified atom stereocenters. The highest BCUT2D eigenvalue weighted by Crippen LogP contribution is 2.22. The van der Waals surface area contributed by atoms with Gasteiger partial charge in [0.25, 0.3) is 0 Å². The number of halogens is 2. The molecule has 2 aromatic carbocycles. The molecule has 1 fully saturated rings. The molecule has 1 atom stereocenters. The second-order valence-electron chi connectivity index (χ2n) is 7.40. The average Bonchev–Trinajstić information content (AvgIpc) is 3.15. The molecule has 6 nitrogen and oxygen atoms in total. The van der Waals surface area contributed by atoms with E-state index in [4.69, 9.17) is 4.52 Å². The molecule has 0 spiro atoms. The zero-order valence-electron chi connectivity index (χ0n) is 16.4. The number of anilines is 1. The van der Waals surface area contributed by atoms with Crippen LogP contribution in [0.5, 0.6) is 0 Å². The first kappa shape index (κ1) is 20.2. The summed E-state index contributed by atoms with van der Waals surface area (Å²) in [5.41, 5.74) is 1.18. The highest BCUT2D eigenvalue weighted by molar-refractivity contribution is 5.94. The van der Waals surface area contributed by atoms with Gasteiger partial charge in [-0.3, -0.25) is 9.69 Å². The fourth-order valence-corrected chi connectivity index (χ4v) is 3.71. The third-order valence-electron chi connectivity index (χ3n) is 5.10. The number of hydrogen-bond acceptors (Lipinski definition) is 5. The van der Waals surface area contributed by atoms with Gasteiger partial charge in [-0.1, -0.05) is 41.9 Å². The van der Waals surface area contributed by atoms with Gasteiger partial charge in [0, 0.05) is 11.8 Å². The maximum Gasteiger partial charge on any atom is 0.241 e. The van der Waals surface area contributed by atoms with Crippen LogP contribution in [0.1, 0.15) is 36.5 Å². The lowest BCUT2D eigenvalue weighted by molar-refractivity contribution is -0.122. The van der Waals surface area contributed by atoms with Crippen molar-refractivity contribution in [3.63, 3.8) is 0 Å². The lowest BCUT2D eigenvalue weighted by Crippen LogP contribution is -2.46. The number of likely N-dealkylation sites (tertiary alicyclic amines) is 1. The van der Waals surface area contributed by atoms with Crippen LogP contribution in [-0.4, -0.2) is 33.5 Å². The molecule has 1 aliphatic heterocycles. The van der Waals surface area contributed by atoms with Crippen molar-refractivity contribution in [2.24, 2.45) is 0 Å².